The number of esters is 1. The van der Waals surface area contributed by atoms with Gasteiger partial charge in [-0.1, -0.05) is 54.3 Å². The Balaban J connectivity index is 1.36. The number of rotatable bonds is 7. The molecule has 11 heteroatoms. The Morgan fingerprint density at radius 2 is 1.65 bits per heavy atom. The van der Waals surface area contributed by atoms with Crippen LogP contribution in [0.25, 0.3) is 5.57 Å². The summed E-state index contributed by atoms with van der Waals surface area (Å²) in [6, 6.07) is 18.9. The Bertz CT molecular complexity index is 1570. The Kier molecular flexibility index (Phi) is 7.76. The molecule has 3 aromatic rings. The Labute approximate surface area is 238 Å². The molecule has 0 spiro atoms. The van der Waals surface area contributed by atoms with Crippen LogP contribution in [0.2, 0.25) is 0 Å². The van der Waals surface area contributed by atoms with Gasteiger partial charge in [0.25, 0.3) is 11.8 Å². The number of para-hydroxylation sites is 1. The number of carbonyl (C=O) groups is 4. The molecule has 0 bridgehead atoms. The molecule has 2 heterocycles. The average Bonchev–Trinajstić information content (AvgIpc) is 3.37. The topological polar surface area (TPSA) is 96.0 Å². The molecule has 8 nitrogen and oxygen atoms in total. The van der Waals surface area contributed by atoms with E-state index in [-0.39, 0.29) is 40.3 Å². The average molecular weight is 576 g/mol. The van der Waals surface area contributed by atoms with Crippen LogP contribution in [0, 0.1) is 5.82 Å². The summed E-state index contributed by atoms with van der Waals surface area (Å²) in [5.41, 5.74) is 2.70. The van der Waals surface area contributed by atoms with Crippen LogP contribution in [0.15, 0.2) is 77.7 Å². The second-order valence-corrected chi connectivity index (χ2v) is 10.5. The minimum Gasteiger partial charge on any atom is -0.462 e. The quantitative estimate of drug-likeness (QED) is 0.247. The fourth-order valence-corrected chi connectivity index (χ4v) is 5.69. The molecule has 0 aromatic heterocycles. The molecule has 0 unspecified atom stereocenters. The van der Waals surface area contributed by atoms with Gasteiger partial charge in [-0.05, 0) is 55.0 Å². The highest BCUT2D eigenvalue weighted by molar-refractivity contribution is 8.26. The minimum absolute atomic E-state index is 0.138. The molecule has 1 saturated heterocycles. The van der Waals surface area contributed by atoms with Gasteiger partial charge < -0.3 is 10.1 Å². The highest BCUT2D eigenvalue weighted by atomic mass is 32.2. The van der Waals surface area contributed by atoms with Gasteiger partial charge in [0.1, 0.15) is 16.7 Å². The summed E-state index contributed by atoms with van der Waals surface area (Å²) < 4.78 is 18.6. The van der Waals surface area contributed by atoms with E-state index in [0.29, 0.717) is 28.1 Å². The maximum absolute atomic E-state index is 13.6. The van der Waals surface area contributed by atoms with Crippen LogP contribution in [0.3, 0.4) is 0 Å². The second-order valence-electron chi connectivity index (χ2n) is 8.84. The number of benzene rings is 3. The molecule has 202 valence electrons. The molecule has 2 aliphatic heterocycles. The van der Waals surface area contributed by atoms with Crippen LogP contribution in [-0.2, 0) is 25.7 Å². The predicted octanol–water partition coefficient (Wildman–Crippen LogP) is 4.76. The van der Waals surface area contributed by atoms with Crippen molar-refractivity contribution in [1.82, 2.24) is 4.90 Å². The van der Waals surface area contributed by atoms with Crippen molar-refractivity contribution in [3.05, 3.63) is 100 Å². The number of fused-ring (bicyclic) bond motifs is 1. The summed E-state index contributed by atoms with van der Waals surface area (Å²) in [5.74, 6) is -2.23. The van der Waals surface area contributed by atoms with Gasteiger partial charge in [0.2, 0.25) is 5.91 Å². The Morgan fingerprint density at radius 1 is 0.950 bits per heavy atom. The van der Waals surface area contributed by atoms with E-state index in [1.807, 2.05) is 0 Å². The van der Waals surface area contributed by atoms with Crippen LogP contribution in [0.4, 0.5) is 15.8 Å². The van der Waals surface area contributed by atoms with E-state index in [0.717, 1.165) is 11.8 Å². The van der Waals surface area contributed by atoms with E-state index < -0.39 is 23.7 Å². The fourth-order valence-electron chi connectivity index (χ4n) is 4.36. The molecule has 3 amide bonds. The van der Waals surface area contributed by atoms with Gasteiger partial charge in [0.05, 0.1) is 34.9 Å². The number of hydrogen-bond acceptors (Lipinski definition) is 7. The Morgan fingerprint density at radius 3 is 2.35 bits per heavy atom. The van der Waals surface area contributed by atoms with Gasteiger partial charge in [-0.3, -0.25) is 24.2 Å². The van der Waals surface area contributed by atoms with E-state index in [9.17, 15) is 23.6 Å². The van der Waals surface area contributed by atoms with E-state index in [1.165, 1.54) is 34.1 Å². The molecule has 0 atom stereocenters. The van der Waals surface area contributed by atoms with Gasteiger partial charge in [-0.2, -0.15) is 0 Å². The maximum Gasteiger partial charge on any atom is 0.338 e. The third kappa shape index (κ3) is 5.38. The van der Waals surface area contributed by atoms with Gasteiger partial charge in [0.15, 0.2) is 0 Å². The summed E-state index contributed by atoms with van der Waals surface area (Å²) in [6.07, 6.45) is 0. The molecule has 3 aromatic carbocycles. The molecule has 2 aliphatic rings. The van der Waals surface area contributed by atoms with Crippen molar-refractivity contribution in [1.29, 1.82) is 0 Å². The lowest BCUT2D eigenvalue weighted by Gasteiger charge is -2.17. The second kappa shape index (κ2) is 11.4. The number of hydrogen-bond donors (Lipinski definition) is 1. The zero-order valence-corrected chi connectivity index (χ0v) is 22.8. The molecule has 1 fully saturated rings. The number of amides is 3. The van der Waals surface area contributed by atoms with Crippen molar-refractivity contribution >= 4 is 68.9 Å². The van der Waals surface area contributed by atoms with Gasteiger partial charge >= 0.3 is 5.97 Å². The number of ether oxygens (including phenoxy) is 1. The van der Waals surface area contributed by atoms with Crippen LogP contribution in [-0.4, -0.2) is 46.1 Å². The molecule has 5 rings (SSSR count). The van der Waals surface area contributed by atoms with Crippen LogP contribution >= 0.6 is 24.0 Å². The first-order chi connectivity index (χ1) is 19.3. The SMILES string of the molecule is CCOC(=O)c1ccc(NC(=O)CN2C(=O)C(=C3SC(=S)N(Cc4ccc(F)cc4)C3=O)c3ccccc32)cc1. The third-order valence-corrected chi connectivity index (χ3v) is 7.68. The molecule has 0 aliphatic carbocycles. The zero-order chi connectivity index (χ0) is 28.4. The van der Waals surface area contributed by atoms with Crippen molar-refractivity contribution in [3.8, 4) is 0 Å². The Hall–Kier alpha value is -4.35. The highest BCUT2D eigenvalue weighted by Crippen LogP contribution is 2.44. The first kappa shape index (κ1) is 27.2. The lowest BCUT2D eigenvalue weighted by molar-refractivity contribution is -0.122. The van der Waals surface area contributed by atoms with E-state index in [1.54, 1.807) is 55.5 Å². The fraction of sp³-hybridized carbons (Fsp3) is 0.138. The molecule has 0 radical (unpaired) electrons. The summed E-state index contributed by atoms with van der Waals surface area (Å²) in [7, 11) is 0. The van der Waals surface area contributed by atoms with Crippen LogP contribution < -0.4 is 10.2 Å². The van der Waals surface area contributed by atoms with Crippen LogP contribution in [0.5, 0.6) is 0 Å². The number of carbonyl (C=O) groups excluding carboxylic acids is 4. The molecule has 0 saturated carbocycles. The van der Waals surface area contributed by atoms with Crippen molar-refractivity contribution in [2.75, 3.05) is 23.4 Å². The monoisotopic (exact) mass is 575 g/mol. The standard InChI is InChI=1S/C29H22FN3O5S2/c1-2-38-28(37)18-9-13-20(14-10-18)31-23(34)16-32-22-6-4-3-5-21(22)24(26(32)35)25-27(36)33(29(39)40-25)15-17-7-11-19(30)12-8-17/h3-14H,2,15-16H2,1H3,(H,31,34). The lowest BCUT2D eigenvalue weighted by atomic mass is 10.1. The van der Waals surface area contributed by atoms with Crippen LogP contribution in [0.1, 0.15) is 28.4 Å². The highest BCUT2D eigenvalue weighted by Gasteiger charge is 2.42. The summed E-state index contributed by atoms with van der Waals surface area (Å²) >= 11 is 6.47. The molecular formula is C29H22FN3O5S2. The number of halogens is 1. The van der Waals surface area contributed by atoms with Crippen molar-refractivity contribution in [3.63, 3.8) is 0 Å². The van der Waals surface area contributed by atoms with E-state index in [2.05, 4.69) is 5.32 Å². The van der Waals surface area contributed by atoms with Crippen molar-refractivity contribution in [2.24, 2.45) is 0 Å². The largest absolute Gasteiger partial charge is 0.462 e. The summed E-state index contributed by atoms with van der Waals surface area (Å²) in [5, 5.41) is 2.73. The molecule has 1 N–H and O–H groups in total. The normalized spacial score (nSPS) is 16.4. The zero-order valence-electron chi connectivity index (χ0n) is 21.2. The maximum atomic E-state index is 13.6. The predicted molar refractivity (Wildman–Crippen MR) is 154 cm³/mol. The number of thioether (sulfide) groups is 1. The summed E-state index contributed by atoms with van der Waals surface area (Å²) in [6.45, 7) is 1.81. The number of anilines is 2. The molecular weight excluding hydrogens is 553 g/mol. The van der Waals surface area contributed by atoms with E-state index in [4.69, 9.17) is 17.0 Å². The number of thiocarbonyl (C=S) groups is 1. The first-order valence-electron chi connectivity index (χ1n) is 12.3. The van der Waals surface area contributed by atoms with E-state index >= 15 is 0 Å². The van der Waals surface area contributed by atoms with Crippen molar-refractivity contribution in [2.45, 2.75) is 13.5 Å². The molecule has 40 heavy (non-hydrogen) atoms. The number of nitrogens with zero attached hydrogens (tertiary/aromatic N) is 2. The minimum atomic E-state index is -0.490. The number of nitrogens with one attached hydrogen (secondary N) is 1. The van der Waals surface area contributed by atoms with Gasteiger partial charge in [-0.15, -0.1) is 0 Å². The first-order valence-corrected chi connectivity index (χ1v) is 13.5. The van der Waals surface area contributed by atoms with Gasteiger partial charge in [-0.25, -0.2) is 9.18 Å². The smallest absolute Gasteiger partial charge is 0.338 e. The third-order valence-electron chi connectivity index (χ3n) is 6.23. The summed E-state index contributed by atoms with van der Waals surface area (Å²) in [4.78, 5) is 54.7. The lowest BCUT2D eigenvalue weighted by Crippen LogP contribution is -2.35. The van der Waals surface area contributed by atoms with Gasteiger partial charge in [0, 0.05) is 11.3 Å². The van der Waals surface area contributed by atoms with Crippen molar-refractivity contribution < 1.29 is 28.3 Å².